The van der Waals surface area contributed by atoms with Gasteiger partial charge < -0.3 is 4.74 Å². The molecule has 1 nitrogen and oxygen atoms in total. The highest BCUT2D eigenvalue weighted by atomic mass is 19.2. The maximum atomic E-state index is 15.3. The fourth-order valence-electron chi connectivity index (χ4n) is 6.59. The summed E-state index contributed by atoms with van der Waals surface area (Å²) in [6.07, 6.45) is 18.9. The highest BCUT2D eigenvalue weighted by Gasteiger charge is 2.32. The molecule has 5 heteroatoms. The van der Waals surface area contributed by atoms with Crippen molar-refractivity contribution in [1.29, 1.82) is 0 Å². The number of hydrogen-bond acceptors (Lipinski definition) is 1. The summed E-state index contributed by atoms with van der Waals surface area (Å²) in [5.74, 6) is -2.58. The van der Waals surface area contributed by atoms with Gasteiger partial charge in [-0.15, -0.1) is 0 Å². The van der Waals surface area contributed by atoms with E-state index < -0.39 is 23.3 Å². The Bertz CT molecular complexity index is 1090. The van der Waals surface area contributed by atoms with Gasteiger partial charge in [-0.05, 0) is 106 Å². The van der Waals surface area contributed by atoms with Gasteiger partial charge in [-0.1, -0.05) is 57.4 Å². The van der Waals surface area contributed by atoms with Crippen molar-refractivity contribution < 1.29 is 22.3 Å². The highest BCUT2D eigenvalue weighted by molar-refractivity contribution is 5.66. The van der Waals surface area contributed by atoms with Crippen LogP contribution in [0.3, 0.4) is 0 Å². The Morgan fingerprint density at radius 2 is 1.28 bits per heavy atom. The largest absolute Gasteiger partial charge is 0.490 e. The molecule has 39 heavy (non-hydrogen) atoms. The first-order chi connectivity index (χ1) is 18.9. The molecule has 2 aliphatic carbocycles. The zero-order valence-electron chi connectivity index (χ0n) is 23.6. The minimum absolute atomic E-state index is 0.0430. The van der Waals surface area contributed by atoms with Gasteiger partial charge >= 0.3 is 0 Å². The topological polar surface area (TPSA) is 9.23 Å². The quantitative estimate of drug-likeness (QED) is 0.155. The molecule has 0 aromatic heterocycles. The molecular formula is C34H44F4O. The summed E-state index contributed by atoms with van der Waals surface area (Å²) in [4.78, 5) is 0. The summed E-state index contributed by atoms with van der Waals surface area (Å²) in [6, 6.07) is 5.51. The molecule has 214 valence electrons. The molecule has 0 heterocycles. The number of hydrogen-bond donors (Lipinski definition) is 0. The van der Waals surface area contributed by atoms with Gasteiger partial charge in [0.25, 0.3) is 0 Å². The van der Waals surface area contributed by atoms with E-state index in [0.717, 1.165) is 38.0 Å². The fourth-order valence-corrected chi connectivity index (χ4v) is 6.59. The number of ether oxygens (including phenoxy) is 1. The predicted molar refractivity (Wildman–Crippen MR) is 151 cm³/mol. The lowest BCUT2D eigenvalue weighted by Gasteiger charge is -2.37. The van der Waals surface area contributed by atoms with Crippen LogP contribution in [0.25, 0.3) is 11.1 Å². The molecule has 0 saturated heterocycles. The van der Waals surface area contributed by atoms with Crippen molar-refractivity contribution in [1.82, 2.24) is 0 Å². The van der Waals surface area contributed by atoms with Crippen LogP contribution in [0.15, 0.2) is 36.4 Å². The minimum Gasteiger partial charge on any atom is -0.490 e. The first-order valence-electron chi connectivity index (χ1n) is 15.2. The lowest BCUT2D eigenvalue weighted by molar-refractivity contribution is 0.170. The number of rotatable bonds is 11. The van der Waals surface area contributed by atoms with Crippen molar-refractivity contribution in [2.24, 2.45) is 17.8 Å². The molecule has 0 N–H and O–H groups in total. The lowest BCUT2D eigenvalue weighted by atomic mass is 9.68. The zero-order valence-corrected chi connectivity index (χ0v) is 23.6. The smallest absolute Gasteiger partial charge is 0.201 e. The van der Waals surface area contributed by atoms with Gasteiger partial charge in [-0.2, -0.15) is 4.39 Å². The van der Waals surface area contributed by atoms with Crippen LogP contribution in [0.4, 0.5) is 17.6 Å². The summed E-state index contributed by atoms with van der Waals surface area (Å²) in [5.41, 5.74) is -0.198. The van der Waals surface area contributed by atoms with Crippen LogP contribution in [0.5, 0.6) is 5.75 Å². The van der Waals surface area contributed by atoms with Gasteiger partial charge in [-0.25, -0.2) is 13.2 Å². The molecule has 0 spiro atoms. The monoisotopic (exact) mass is 544 g/mol. The Morgan fingerprint density at radius 3 is 1.92 bits per heavy atom. The van der Waals surface area contributed by atoms with Crippen LogP contribution in [0.2, 0.25) is 0 Å². The second-order valence-corrected chi connectivity index (χ2v) is 11.6. The molecule has 0 radical (unpaired) electrons. The average Bonchev–Trinajstić information content (AvgIpc) is 2.96. The molecular weight excluding hydrogens is 500 g/mol. The number of benzene rings is 2. The van der Waals surface area contributed by atoms with Gasteiger partial charge in [0.05, 0.1) is 6.61 Å². The maximum Gasteiger partial charge on any atom is 0.201 e. The Morgan fingerprint density at radius 1 is 0.692 bits per heavy atom. The molecule has 2 aliphatic rings. The van der Waals surface area contributed by atoms with Crippen LogP contribution in [0, 0.1) is 41.0 Å². The highest BCUT2D eigenvalue weighted by Crippen LogP contribution is 2.45. The van der Waals surface area contributed by atoms with Crippen molar-refractivity contribution in [2.45, 2.75) is 103 Å². The van der Waals surface area contributed by atoms with Crippen LogP contribution in [-0.4, -0.2) is 6.61 Å². The predicted octanol–water partition coefficient (Wildman–Crippen LogP) is 10.9. The van der Waals surface area contributed by atoms with Gasteiger partial charge in [0, 0.05) is 11.1 Å². The van der Waals surface area contributed by atoms with Crippen molar-refractivity contribution >= 4 is 0 Å². The summed E-state index contributed by atoms with van der Waals surface area (Å²) in [7, 11) is 0. The van der Waals surface area contributed by atoms with E-state index in [1.54, 1.807) is 6.07 Å². The molecule has 2 aromatic carbocycles. The van der Waals surface area contributed by atoms with Crippen LogP contribution >= 0.6 is 0 Å². The Kier molecular flexibility index (Phi) is 10.9. The Labute approximate surface area is 232 Å². The molecule has 2 saturated carbocycles. The van der Waals surface area contributed by atoms with Crippen LogP contribution in [-0.2, 0) is 0 Å². The Hall–Kier alpha value is -2.30. The average molecular weight is 545 g/mol. The third kappa shape index (κ3) is 7.27. The molecule has 0 unspecified atom stereocenters. The SMILES string of the molecule is CCCC/C=C/C1CCC(C2CCC(c3ccc(-c4ccc(OCCCC)c(F)c4F)c(F)c3F)CC2)CC1. The molecule has 0 amide bonds. The maximum absolute atomic E-state index is 15.3. The molecule has 2 fully saturated rings. The standard InChI is InChI=1S/C34H44F4O/c1-3-5-7-8-9-23-10-12-24(13-11-23)25-14-16-26(17-15-25)27-18-19-28(32(36)31(27)35)29-20-21-30(34(38)33(29)37)39-22-6-4-2/h8-9,18-21,23-26H,3-7,10-17,22H2,1-2H3/b9-8+. The molecule has 2 aromatic rings. The summed E-state index contributed by atoms with van der Waals surface area (Å²) >= 11 is 0. The van der Waals surface area contributed by atoms with Crippen molar-refractivity contribution in [3.63, 3.8) is 0 Å². The number of halogens is 4. The molecule has 0 bridgehead atoms. The van der Waals surface area contributed by atoms with Crippen LogP contribution < -0.4 is 4.74 Å². The van der Waals surface area contributed by atoms with E-state index >= 15 is 8.78 Å². The molecule has 0 atom stereocenters. The Balaban J connectivity index is 1.36. The minimum atomic E-state index is -1.22. The van der Waals surface area contributed by atoms with Crippen molar-refractivity contribution in [2.75, 3.05) is 6.61 Å². The van der Waals surface area contributed by atoms with Gasteiger partial charge in [0.2, 0.25) is 5.82 Å². The third-order valence-electron chi connectivity index (χ3n) is 9.03. The normalized spacial score (nSPS) is 23.8. The zero-order chi connectivity index (χ0) is 27.8. The summed E-state index contributed by atoms with van der Waals surface area (Å²) in [6.45, 7) is 4.46. The van der Waals surface area contributed by atoms with Gasteiger partial charge in [-0.3, -0.25) is 0 Å². The molecule has 0 aliphatic heterocycles. The third-order valence-corrected chi connectivity index (χ3v) is 9.03. The first kappa shape index (κ1) is 29.7. The number of unbranched alkanes of at least 4 members (excludes halogenated alkanes) is 3. The summed E-state index contributed by atoms with van der Waals surface area (Å²) in [5, 5.41) is 0. The van der Waals surface area contributed by atoms with E-state index in [1.165, 1.54) is 63.1 Å². The first-order valence-corrected chi connectivity index (χ1v) is 15.2. The lowest BCUT2D eigenvalue weighted by Crippen LogP contribution is -2.25. The van der Waals surface area contributed by atoms with Gasteiger partial charge in [0.1, 0.15) is 0 Å². The van der Waals surface area contributed by atoms with Crippen molar-refractivity contribution in [3.8, 4) is 16.9 Å². The van der Waals surface area contributed by atoms with Gasteiger partial charge in [0.15, 0.2) is 23.2 Å². The second kappa shape index (κ2) is 14.4. The fraction of sp³-hybridized carbons (Fsp3) is 0.588. The van der Waals surface area contributed by atoms with E-state index in [0.29, 0.717) is 23.8 Å². The summed E-state index contributed by atoms with van der Waals surface area (Å²) < 4.78 is 65.1. The van der Waals surface area contributed by atoms with E-state index in [4.69, 9.17) is 4.74 Å². The number of allylic oxidation sites excluding steroid dienone is 2. The van der Waals surface area contributed by atoms with E-state index in [1.807, 2.05) is 6.92 Å². The van der Waals surface area contributed by atoms with E-state index in [2.05, 4.69) is 19.1 Å². The van der Waals surface area contributed by atoms with Crippen LogP contribution in [0.1, 0.15) is 109 Å². The van der Waals surface area contributed by atoms with E-state index in [9.17, 15) is 8.78 Å². The van der Waals surface area contributed by atoms with Crippen molar-refractivity contribution in [3.05, 3.63) is 65.2 Å². The van der Waals surface area contributed by atoms with E-state index in [-0.39, 0.29) is 29.4 Å². The molecule has 4 rings (SSSR count). The second-order valence-electron chi connectivity index (χ2n) is 11.6.